The first-order valence-electron chi connectivity index (χ1n) is 4.88. The van der Waals surface area contributed by atoms with E-state index < -0.39 is 11.6 Å². The molecule has 1 N–H and O–H groups in total. The molecule has 0 aliphatic carbocycles. The highest BCUT2D eigenvalue weighted by Crippen LogP contribution is 2.18. The molecule has 15 heavy (non-hydrogen) atoms. The second-order valence-corrected chi connectivity index (χ2v) is 4.29. The zero-order chi connectivity index (χ0) is 12.1. The second-order valence-electron chi connectivity index (χ2n) is 4.29. The summed E-state index contributed by atoms with van der Waals surface area (Å²) in [7, 11) is 0. The van der Waals surface area contributed by atoms with E-state index in [1.54, 1.807) is 20.8 Å². The average molecular weight is 214 g/mol. The fourth-order valence-electron chi connectivity index (χ4n) is 1.50. The molecule has 1 amide bonds. The summed E-state index contributed by atoms with van der Waals surface area (Å²) in [5.74, 6) is 0. The monoisotopic (exact) mass is 214 g/mol. The Bertz CT molecular complexity index is 266. The summed E-state index contributed by atoms with van der Waals surface area (Å²) in [5, 5.41) is 14.5. The number of rotatable bonds is 4. The lowest BCUT2D eigenvalue weighted by Gasteiger charge is -2.42. The van der Waals surface area contributed by atoms with Crippen LogP contribution in [0.4, 0.5) is 4.79 Å². The van der Waals surface area contributed by atoms with Gasteiger partial charge in [-0.15, -0.1) is 0 Å². The quantitative estimate of drug-likeness (QED) is 0.552. The first-order valence-corrected chi connectivity index (χ1v) is 4.88. The second kappa shape index (κ2) is 5.46. The average Bonchev–Trinajstić information content (AvgIpc) is 2.08. The van der Waals surface area contributed by atoms with E-state index in [1.807, 2.05) is 6.92 Å². The molecule has 6 heteroatoms. The summed E-state index contributed by atoms with van der Waals surface area (Å²) >= 11 is 0. The molecule has 0 aromatic heterocycles. The Hall–Kier alpha value is -1.42. The van der Waals surface area contributed by atoms with Crippen LogP contribution in [-0.2, 0) is 0 Å². The Kier molecular flexibility index (Phi) is 4.94. The number of nitrogens with zero attached hydrogens (tertiary/aromatic N) is 3. The number of hydrogen-bond acceptors (Lipinski definition) is 4. The van der Waals surface area contributed by atoms with Crippen molar-refractivity contribution < 1.29 is 9.90 Å². The fourth-order valence-corrected chi connectivity index (χ4v) is 1.50. The van der Waals surface area contributed by atoms with Gasteiger partial charge in [-0.1, -0.05) is 6.92 Å². The number of carbonyl (C=O) groups excluding carboxylic acids is 1. The van der Waals surface area contributed by atoms with Crippen LogP contribution in [0.1, 0.15) is 34.1 Å². The zero-order valence-corrected chi connectivity index (χ0v) is 9.65. The van der Waals surface area contributed by atoms with Crippen LogP contribution in [-0.4, -0.2) is 29.1 Å². The van der Waals surface area contributed by atoms with Crippen molar-refractivity contribution in [2.24, 2.45) is 5.11 Å². The molecule has 0 rings (SSSR count). The third-order valence-corrected chi connectivity index (χ3v) is 2.12. The molecule has 0 fully saturated rings. The third kappa shape index (κ3) is 4.08. The highest BCUT2D eigenvalue weighted by Gasteiger charge is 2.28. The van der Waals surface area contributed by atoms with Crippen molar-refractivity contribution in [3.8, 4) is 0 Å². The number of nitrogens with one attached hydrogen (secondary N) is 1. The van der Waals surface area contributed by atoms with Crippen LogP contribution in [0.2, 0.25) is 0 Å². The summed E-state index contributed by atoms with van der Waals surface area (Å²) in [5.41, 5.74) is 6.02. The van der Waals surface area contributed by atoms with E-state index >= 15 is 0 Å². The molecular weight excluding hydrogens is 196 g/mol. The van der Waals surface area contributed by atoms with Crippen molar-refractivity contribution in [2.45, 2.75) is 45.7 Å². The fraction of sp³-hybridized carbons (Fsp3) is 0.889. The van der Waals surface area contributed by atoms with Gasteiger partial charge < -0.3 is 14.8 Å². The van der Waals surface area contributed by atoms with E-state index in [4.69, 9.17) is 5.53 Å². The van der Waals surface area contributed by atoms with Gasteiger partial charge in [-0.25, -0.2) is 0 Å². The van der Waals surface area contributed by atoms with Gasteiger partial charge in [-0.3, -0.25) is 0 Å². The van der Waals surface area contributed by atoms with E-state index in [9.17, 15) is 9.90 Å². The Balaban J connectivity index is 4.86. The van der Waals surface area contributed by atoms with Crippen LogP contribution in [0.25, 0.3) is 0 Å². The van der Waals surface area contributed by atoms with Crippen LogP contribution in [0, 0.1) is 5.53 Å². The molecule has 0 aromatic carbocycles. The largest absolute Gasteiger partial charge is 0.530 e. The maximum Gasteiger partial charge on any atom is 0.214 e. The van der Waals surface area contributed by atoms with Gasteiger partial charge >= 0.3 is 0 Å². The van der Waals surface area contributed by atoms with Gasteiger partial charge in [0, 0.05) is 5.54 Å². The van der Waals surface area contributed by atoms with Crippen molar-refractivity contribution >= 4 is 6.09 Å². The molecule has 0 aliphatic rings. The minimum atomic E-state index is -1.21. The van der Waals surface area contributed by atoms with Crippen molar-refractivity contribution in [1.29, 1.82) is 5.53 Å². The van der Waals surface area contributed by atoms with Crippen molar-refractivity contribution in [1.82, 2.24) is 9.81 Å². The van der Waals surface area contributed by atoms with Gasteiger partial charge in [0.15, 0.2) is 0 Å². The molecular formula is C9H18N4O2. The van der Waals surface area contributed by atoms with E-state index in [2.05, 4.69) is 10.0 Å². The number of carbonyl (C=O) groups is 1. The van der Waals surface area contributed by atoms with Crippen LogP contribution < -0.4 is 10.0 Å². The number of hydrogen-bond donors (Lipinski definition) is 1. The van der Waals surface area contributed by atoms with Gasteiger partial charge in [0.2, 0.25) is 4.91 Å². The van der Waals surface area contributed by atoms with Crippen molar-refractivity contribution in [3.63, 3.8) is 0 Å². The molecule has 86 valence electrons. The van der Waals surface area contributed by atoms with Gasteiger partial charge in [0.05, 0.1) is 6.04 Å². The smallest absolute Gasteiger partial charge is 0.214 e. The molecule has 0 aromatic rings. The molecule has 0 spiro atoms. The van der Waals surface area contributed by atoms with Gasteiger partial charge in [0.1, 0.15) is 23.3 Å². The summed E-state index contributed by atoms with van der Waals surface area (Å²) in [4.78, 5) is 15.1. The van der Waals surface area contributed by atoms with Gasteiger partial charge in [-0.05, 0) is 27.2 Å². The molecule has 0 aliphatic heterocycles. The van der Waals surface area contributed by atoms with E-state index in [0.717, 1.165) is 0 Å². The number of carboxylic acid groups (broad SMARTS) is 1. The standard InChI is InChI=1S/C9H18N4O2/c1-5-7(6-11-12-10)13(8(14)15)9(2,3)4/h7,10H,5-6H2,1-4H3. The summed E-state index contributed by atoms with van der Waals surface area (Å²) in [6.45, 7) is 7.45. The number of amides is 1. The summed E-state index contributed by atoms with van der Waals surface area (Å²) in [6, 6.07) is -0.288. The molecule has 1 unspecified atom stereocenters. The van der Waals surface area contributed by atoms with E-state index in [1.165, 1.54) is 4.90 Å². The normalized spacial score (nSPS) is 12.8. The minimum absolute atomic E-state index is 0.200. The molecule has 6 nitrogen and oxygen atoms in total. The predicted octanol–water partition coefficient (Wildman–Crippen LogP) is 0.759. The topological polar surface area (TPSA) is 93.7 Å². The lowest BCUT2D eigenvalue weighted by atomic mass is 10.0. The third-order valence-electron chi connectivity index (χ3n) is 2.12. The lowest BCUT2D eigenvalue weighted by molar-refractivity contribution is -0.273. The predicted molar refractivity (Wildman–Crippen MR) is 53.2 cm³/mol. The molecule has 0 radical (unpaired) electrons. The van der Waals surface area contributed by atoms with Crippen LogP contribution in [0.3, 0.4) is 0 Å². The first-order chi connectivity index (χ1) is 6.84. The Morgan fingerprint density at radius 1 is 1.60 bits per heavy atom. The molecule has 0 bridgehead atoms. The van der Waals surface area contributed by atoms with Crippen LogP contribution in [0.15, 0.2) is 5.11 Å². The maximum absolute atomic E-state index is 11.0. The lowest BCUT2D eigenvalue weighted by Crippen LogP contribution is -2.57. The van der Waals surface area contributed by atoms with Crippen molar-refractivity contribution in [2.75, 3.05) is 6.54 Å². The SMILES string of the molecule is CCC(CN=[N+]=N)N(C(=O)[O-])C(C)(C)C. The Morgan fingerprint density at radius 2 is 2.13 bits per heavy atom. The molecule has 0 saturated heterocycles. The zero-order valence-electron chi connectivity index (χ0n) is 9.65. The summed E-state index contributed by atoms with van der Waals surface area (Å²) < 4.78 is 0. The molecule has 0 saturated carbocycles. The van der Waals surface area contributed by atoms with Gasteiger partial charge in [0.25, 0.3) is 0 Å². The van der Waals surface area contributed by atoms with E-state index in [-0.39, 0.29) is 12.6 Å². The van der Waals surface area contributed by atoms with E-state index in [0.29, 0.717) is 6.42 Å². The van der Waals surface area contributed by atoms with Gasteiger partial charge in [-0.2, -0.15) is 0 Å². The molecule has 0 heterocycles. The minimum Gasteiger partial charge on any atom is -0.530 e. The maximum atomic E-state index is 11.0. The highest BCUT2D eigenvalue weighted by molar-refractivity contribution is 5.64. The molecule has 1 atom stereocenters. The Labute approximate surface area is 89.5 Å². The summed E-state index contributed by atoms with van der Waals surface area (Å²) in [6.07, 6.45) is -0.598. The Morgan fingerprint density at radius 3 is 2.40 bits per heavy atom. The van der Waals surface area contributed by atoms with Crippen molar-refractivity contribution in [3.05, 3.63) is 0 Å². The van der Waals surface area contributed by atoms with Crippen LogP contribution in [0.5, 0.6) is 0 Å². The first kappa shape index (κ1) is 13.6. The van der Waals surface area contributed by atoms with Crippen LogP contribution >= 0.6 is 0 Å². The highest BCUT2D eigenvalue weighted by atomic mass is 16.4.